The highest BCUT2D eigenvalue weighted by Crippen LogP contribution is 2.16. The number of ether oxygens (including phenoxy) is 1. The molecule has 2 rings (SSSR count). The van der Waals surface area contributed by atoms with Crippen LogP contribution in [0.3, 0.4) is 0 Å². The van der Waals surface area contributed by atoms with Crippen LogP contribution in [0.15, 0.2) is 29.3 Å². The van der Waals surface area contributed by atoms with Crippen LogP contribution in [0.25, 0.3) is 0 Å². The molecule has 7 heteroatoms. The third kappa shape index (κ3) is 8.15. The highest BCUT2D eigenvalue weighted by atomic mass is 127. The van der Waals surface area contributed by atoms with Crippen molar-refractivity contribution >= 4 is 41.3 Å². The Kier molecular flexibility index (Phi) is 11.5. The Morgan fingerprint density at radius 2 is 1.93 bits per heavy atom. The van der Waals surface area contributed by atoms with Crippen LogP contribution in [0.4, 0.5) is 0 Å². The number of thiazole rings is 1. The molecule has 0 radical (unpaired) electrons. The number of nitrogens with zero attached hydrogens (tertiary/aromatic N) is 2. The van der Waals surface area contributed by atoms with Gasteiger partial charge in [0.25, 0.3) is 0 Å². The highest BCUT2D eigenvalue weighted by Gasteiger charge is 2.06. The Balaban J connectivity index is 0.00000364. The lowest BCUT2D eigenvalue weighted by Crippen LogP contribution is -2.38. The molecular formula is C20H31IN4OS. The largest absolute Gasteiger partial charge is 0.377 e. The van der Waals surface area contributed by atoms with Crippen molar-refractivity contribution < 1.29 is 4.74 Å². The first kappa shape index (κ1) is 23.8. The summed E-state index contributed by atoms with van der Waals surface area (Å²) in [6, 6.07) is 8.37. The summed E-state index contributed by atoms with van der Waals surface area (Å²) in [4.78, 5) is 10.2. The van der Waals surface area contributed by atoms with E-state index in [2.05, 4.69) is 65.6 Å². The van der Waals surface area contributed by atoms with Gasteiger partial charge in [0.1, 0.15) is 0 Å². The Morgan fingerprint density at radius 3 is 2.56 bits per heavy atom. The zero-order valence-electron chi connectivity index (χ0n) is 16.7. The SMILES string of the molecule is CCCOCc1ccccc1CNC(=NC)NCCc1nc(C)c(C)s1.I. The van der Waals surface area contributed by atoms with E-state index in [1.54, 1.807) is 18.4 Å². The topological polar surface area (TPSA) is 58.5 Å². The fourth-order valence-electron chi connectivity index (χ4n) is 2.53. The summed E-state index contributed by atoms with van der Waals surface area (Å²) in [5, 5.41) is 7.92. The normalized spacial score (nSPS) is 11.2. The van der Waals surface area contributed by atoms with E-state index in [9.17, 15) is 0 Å². The second-order valence-corrected chi connectivity index (χ2v) is 7.46. The molecule has 0 aliphatic rings. The first-order valence-corrected chi connectivity index (χ1v) is 9.97. The molecule has 2 N–H and O–H groups in total. The lowest BCUT2D eigenvalue weighted by Gasteiger charge is -2.14. The zero-order chi connectivity index (χ0) is 18.8. The molecule has 0 saturated heterocycles. The Hall–Kier alpha value is -1.19. The molecule has 0 saturated carbocycles. The number of nitrogens with one attached hydrogen (secondary N) is 2. The summed E-state index contributed by atoms with van der Waals surface area (Å²) in [5.74, 6) is 0.805. The van der Waals surface area contributed by atoms with Gasteiger partial charge in [-0.15, -0.1) is 35.3 Å². The molecule has 150 valence electrons. The third-order valence-electron chi connectivity index (χ3n) is 4.10. The number of halogens is 1. The van der Waals surface area contributed by atoms with Gasteiger partial charge in [0, 0.05) is 38.0 Å². The number of rotatable bonds is 9. The van der Waals surface area contributed by atoms with Gasteiger partial charge in [-0.2, -0.15) is 0 Å². The van der Waals surface area contributed by atoms with E-state index in [4.69, 9.17) is 4.74 Å². The molecule has 2 aromatic rings. The zero-order valence-corrected chi connectivity index (χ0v) is 19.8. The molecule has 0 bridgehead atoms. The van der Waals surface area contributed by atoms with Gasteiger partial charge in [-0.05, 0) is 31.4 Å². The molecule has 0 aliphatic carbocycles. The minimum atomic E-state index is 0. The van der Waals surface area contributed by atoms with E-state index in [1.165, 1.54) is 21.0 Å². The number of aliphatic imine (C=N–C) groups is 1. The summed E-state index contributed by atoms with van der Waals surface area (Å²) >= 11 is 1.77. The highest BCUT2D eigenvalue weighted by molar-refractivity contribution is 14.0. The van der Waals surface area contributed by atoms with E-state index < -0.39 is 0 Å². The van der Waals surface area contributed by atoms with E-state index >= 15 is 0 Å². The van der Waals surface area contributed by atoms with Crippen LogP contribution < -0.4 is 10.6 Å². The smallest absolute Gasteiger partial charge is 0.191 e. The predicted octanol–water partition coefficient (Wildman–Crippen LogP) is 4.21. The van der Waals surface area contributed by atoms with Gasteiger partial charge in [0.05, 0.1) is 17.3 Å². The molecule has 0 spiro atoms. The lowest BCUT2D eigenvalue weighted by atomic mass is 10.1. The summed E-state index contributed by atoms with van der Waals surface area (Å²) < 4.78 is 5.69. The van der Waals surface area contributed by atoms with Crippen LogP contribution in [0.2, 0.25) is 0 Å². The second-order valence-electron chi connectivity index (χ2n) is 6.17. The van der Waals surface area contributed by atoms with Crippen molar-refractivity contribution in [2.75, 3.05) is 20.2 Å². The van der Waals surface area contributed by atoms with E-state index in [1.807, 2.05) is 0 Å². The predicted molar refractivity (Wildman–Crippen MR) is 125 cm³/mol. The van der Waals surface area contributed by atoms with Crippen molar-refractivity contribution in [1.82, 2.24) is 15.6 Å². The van der Waals surface area contributed by atoms with E-state index in [-0.39, 0.29) is 24.0 Å². The Labute approximate surface area is 184 Å². The molecule has 0 aliphatic heterocycles. The average molecular weight is 502 g/mol. The maximum atomic E-state index is 5.69. The van der Waals surface area contributed by atoms with Gasteiger partial charge in [-0.3, -0.25) is 4.99 Å². The number of benzene rings is 1. The number of aryl methyl sites for hydroxylation is 2. The second kappa shape index (κ2) is 13.1. The lowest BCUT2D eigenvalue weighted by molar-refractivity contribution is 0.121. The maximum Gasteiger partial charge on any atom is 0.191 e. The summed E-state index contributed by atoms with van der Waals surface area (Å²) in [5.41, 5.74) is 3.59. The molecule has 5 nitrogen and oxygen atoms in total. The first-order valence-electron chi connectivity index (χ1n) is 9.16. The minimum Gasteiger partial charge on any atom is -0.377 e. The summed E-state index contributed by atoms with van der Waals surface area (Å²) in [6.07, 6.45) is 1.94. The Morgan fingerprint density at radius 1 is 1.19 bits per heavy atom. The van der Waals surface area contributed by atoms with Gasteiger partial charge in [0.2, 0.25) is 0 Å². The molecule has 27 heavy (non-hydrogen) atoms. The fraction of sp³-hybridized carbons (Fsp3) is 0.500. The maximum absolute atomic E-state index is 5.69. The van der Waals surface area contributed by atoms with Crippen LogP contribution in [-0.2, 0) is 24.3 Å². The summed E-state index contributed by atoms with van der Waals surface area (Å²) in [6.45, 7) is 9.28. The van der Waals surface area contributed by atoms with Gasteiger partial charge in [0.15, 0.2) is 5.96 Å². The number of aromatic nitrogens is 1. The molecule has 1 aromatic carbocycles. The van der Waals surface area contributed by atoms with Crippen molar-refractivity contribution in [2.24, 2.45) is 4.99 Å². The monoisotopic (exact) mass is 502 g/mol. The van der Waals surface area contributed by atoms with Crippen LogP contribution in [-0.4, -0.2) is 31.1 Å². The molecule has 0 unspecified atom stereocenters. The third-order valence-corrected chi connectivity index (χ3v) is 5.23. The average Bonchev–Trinajstić information content (AvgIpc) is 2.97. The van der Waals surface area contributed by atoms with Crippen molar-refractivity contribution in [3.05, 3.63) is 51.0 Å². The standard InChI is InChI=1S/C20H30N4OS.HI/c1-5-12-25-14-18-9-7-6-8-17(18)13-23-20(21-4)22-11-10-19-24-15(2)16(3)26-19;/h6-9H,5,10-14H2,1-4H3,(H2,21,22,23);1H. The Bertz CT molecular complexity index is 698. The summed E-state index contributed by atoms with van der Waals surface area (Å²) in [7, 11) is 1.79. The molecule has 0 fully saturated rings. The molecule has 1 aromatic heterocycles. The van der Waals surface area contributed by atoms with Crippen molar-refractivity contribution in [1.29, 1.82) is 0 Å². The van der Waals surface area contributed by atoms with E-state index in [0.717, 1.165) is 44.2 Å². The van der Waals surface area contributed by atoms with Crippen molar-refractivity contribution in [3.63, 3.8) is 0 Å². The van der Waals surface area contributed by atoms with Gasteiger partial charge < -0.3 is 15.4 Å². The number of guanidine groups is 1. The van der Waals surface area contributed by atoms with Gasteiger partial charge in [-0.25, -0.2) is 4.98 Å². The van der Waals surface area contributed by atoms with E-state index in [0.29, 0.717) is 6.61 Å². The minimum absolute atomic E-state index is 0. The molecular weight excluding hydrogens is 471 g/mol. The van der Waals surface area contributed by atoms with Gasteiger partial charge in [-0.1, -0.05) is 31.2 Å². The van der Waals surface area contributed by atoms with Crippen LogP contribution in [0.1, 0.15) is 40.1 Å². The van der Waals surface area contributed by atoms with Gasteiger partial charge >= 0.3 is 0 Å². The molecule has 0 atom stereocenters. The first-order chi connectivity index (χ1) is 12.6. The van der Waals surface area contributed by atoms with Crippen molar-refractivity contribution in [2.45, 2.75) is 46.8 Å². The van der Waals surface area contributed by atoms with Crippen LogP contribution in [0.5, 0.6) is 0 Å². The fourth-order valence-corrected chi connectivity index (χ4v) is 3.46. The molecule has 0 amide bonds. The van der Waals surface area contributed by atoms with Crippen LogP contribution >= 0.6 is 35.3 Å². The molecule has 1 heterocycles. The quantitative estimate of drug-likeness (QED) is 0.234. The van der Waals surface area contributed by atoms with Crippen molar-refractivity contribution in [3.8, 4) is 0 Å². The van der Waals surface area contributed by atoms with Crippen LogP contribution in [0, 0.1) is 13.8 Å². The number of hydrogen-bond donors (Lipinski definition) is 2. The number of hydrogen-bond acceptors (Lipinski definition) is 4.